The van der Waals surface area contributed by atoms with Crippen molar-refractivity contribution < 1.29 is 13.9 Å². The molecule has 7 heteroatoms. The smallest absolute Gasteiger partial charge is 0.413 e. The Labute approximate surface area is 148 Å². The van der Waals surface area contributed by atoms with Crippen LogP contribution in [0.4, 0.5) is 20.7 Å². The van der Waals surface area contributed by atoms with E-state index in [9.17, 15) is 9.18 Å². The van der Waals surface area contributed by atoms with Gasteiger partial charge >= 0.3 is 6.09 Å². The molecular formula is C17H19BrFN3O2. The highest BCUT2D eigenvalue weighted by molar-refractivity contribution is 9.10. The molecule has 0 unspecified atom stereocenters. The Morgan fingerprint density at radius 3 is 2.62 bits per heavy atom. The number of hydrogen-bond donors (Lipinski definition) is 2. The lowest BCUT2D eigenvalue weighted by atomic mass is 10.2. The average Bonchev–Trinajstić information content (AvgIpc) is 2.46. The lowest BCUT2D eigenvalue weighted by Gasteiger charge is -2.19. The summed E-state index contributed by atoms with van der Waals surface area (Å²) >= 11 is 3.33. The molecule has 0 aliphatic carbocycles. The van der Waals surface area contributed by atoms with Crippen molar-refractivity contribution in [3.8, 4) is 0 Å². The maximum atomic E-state index is 13.1. The number of anilines is 2. The number of hydrogen-bond acceptors (Lipinski definition) is 4. The molecule has 1 aromatic heterocycles. The van der Waals surface area contributed by atoms with E-state index in [1.165, 1.54) is 12.1 Å². The fraction of sp³-hybridized carbons (Fsp3) is 0.294. The van der Waals surface area contributed by atoms with Crippen LogP contribution in [0.25, 0.3) is 0 Å². The molecule has 0 bridgehead atoms. The molecular weight excluding hydrogens is 377 g/mol. The van der Waals surface area contributed by atoms with Crippen molar-refractivity contribution in [2.24, 2.45) is 0 Å². The number of nitrogens with one attached hydrogen (secondary N) is 2. The van der Waals surface area contributed by atoms with Crippen molar-refractivity contribution in [2.45, 2.75) is 32.9 Å². The van der Waals surface area contributed by atoms with E-state index >= 15 is 0 Å². The number of benzene rings is 1. The standard InChI is InChI=1S/C17H19BrFN3O2/c1-17(2,3)24-16(23)22-15-7-6-13(10-21-15)20-9-11-4-5-12(19)8-14(11)18/h4-8,10,20H,9H2,1-3H3,(H,21,22,23). The molecule has 0 radical (unpaired) electrons. The summed E-state index contributed by atoms with van der Waals surface area (Å²) in [5.74, 6) is 0.114. The molecule has 0 saturated carbocycles. The zero-order chi connectivity index (χ0) is 17.7. The maximum Gasteiger partial charge on any atom is 0.413 e. The molecule has 2 aromatic rings. The first kappa shape index (κ1) is 18.2. The van der Waals surface area contributed by atoms with Crippen LogP contribution >= 0.6 is 15.9 Å². The summed E-state index contributed by atoms with van der Waals surface area (Å²) in [6, 6.07) is 8.00. The van der Waals surface area contributed by atoms with Gasteiger partial charge in [-0.05, 0) is 50.6 Å². The SMILES string of the molecule is CC(C)(C)OC(=O)Nc1ccc(NCc2ccc(F)cc2Br)cn1. The molecule has 1 amide bonds. The number of aromatic nitrogens is 1. The highest BCUT2D eigenvalue weighted by Gasteiger charge is 2.16. The van der Waals surface area contributed by atoms with Crippen LogP contribution in [0.5, 0.6) is 0 Å². The molecule has 2 N–H and O–H groups in total. The number of amides is 1. The summed E-state index contributed by atoms with van der Waals surface area (Å²) in [5, 5.41) is 5.75. The fourth-order valence-corrected chi connectivity index (χ4v) is 2.33. The Kier molecular flexibility index (Phi) is 5.77. The molecule has 1 heterocycles. The zero-order valence-electron chi connectivity index (χ0n) is 13.7. The maximum absolute atomic E-state index is 13.1. The Balaban J connectivity index is 1.91. The Hall–Kier alpha value is -2.15. The first-order valence-electron chi connectivity index (χ1n) is 7.37. The number of pyridine rings is 1. The molecule has 2 rings (SSSR count). The number of rotatable bonds is 4. The van der Waals surface area contributed by atoms with Crippen LogP contribution in [-0.4, -0.2) is 16.7 Å². The number of nitrogens with zero attached hydrogens (tertiary/aromatic N) is 1. The average molecular weight is 396 g/mol. The lowest BCUT2D eigenvalue weighted by Crippen LogP contribution is -2.27. The predicted octanol–water partition coefficient (Wildman–Crippen LogP) is 4.94. The van der Waals surface area contributed by atoms with E-state index in [4.69, 9.17) is 4.74 Å². The molecule has 0 aliphatic heterocycles. The van der Waals surface area contributed by atoms with Gasteiger partial charge in [-0.3, -0.25) is 5.32 Å². The summed E-state index contributed by atoms with van der Waals surface area (Å²) in [7, 11) is 0. The minimum absolute atomic E-state index is 0.287. The van der Waals surface area contributed by atoms with E-state index in [2.05, 4.69) is 31.5 Å². The van der Waals surface area contributed by atoms with Crippen LogP contribution in [0.15, 0.2) is 41.0 Å². The lowest BCUT2D eigenvalue weighted by molar-refractivity contribution is 0.0635. The largest absolute Gasteiger partial charge is 0.444 e. The van der Waals surface area contributed by atoms with Crippen LogP contribution in [0.2, 0.25) is 0 Å². The summed E-state index contributed by atoms with van der Waals surface area (Å²) in [5.41, 5.74) is 1.14. The van der Waals surface area contributed by atoms with Gasteiger partial charge in [0.2, 0.25) is 0 Å². The van der Waals surface area contributed by atoms with Gasteiger partial charge in [-0.2, -0.15) is 0 Å². The molecule has 128 valence electrons. The summed E-state index contributed by atoms with van der Waals surface area (Å²) in [4.78, 5) is 15.8. The second-order valence-corrected chi connectivity index (χ2v) is 7.00. The van der Waals surface area contributed by atoms with Crippen LogP contribution in [0, 0.1) is 5.82 Å². The third-order valence-corrected chi connectivity index (χ3v) is 3.63. The van der Waals surface area contributed by atoms with E-state index in [1.807, 2.05) is 0 Å². The van der Waals surface area contributed by atoms with Crippen LogP contribution in [0.1, 0.15) is 26.3 Å². The minimum Gasteiger partial charge on any atom is -0.444 e. The van der Waals surface area contributed by atoms with Crippen molar-refractivity contribution in [1.82, 2.24) is 4.98 Å². The van der Waals surface area contributed by atoms with E-state index in [1.54, 1.807) is 45.2 Å². The van der Waals surface area contributed by atoms with Gasteiger partial charge in [0.05, 0.1) is 11.9 Å². The van der Waals surface area contributed by atoms with Gasteiger partial charge in [-0.15, -0.1) is 0 Å². The second kappa shape index (κ2) is 7.61. The summed E-state index contributed by atoms with van der Waals surface area (Å²) < 4.78 is 18.9. The fourth-order valence-electron chi connectivity index (χ4n) is 1.84. The zero-order valence-corrected chi connectivity index (χ0v) is 15.3. The molecule has 0 fully saturated rings. The van der Waals surface area contributed by atoms with Gasteiger partial charge in [0.15, 0.2) is 0 Å². The number of ether oxygens (including phenoxy) is 1. The van der Waals surface area contributed by atoms with E-state index in [-0.39, 0.29) is 5.82 Å². The van der Waals surface area contributed by atoms with Gasteiger partial charge in [0.1, 0.15) is 17.2 Å². The van der Waals surface area contributed by atoms with Gasteiger partial charge in [0, 0.05) is 11.0 Å². The number of carbonyl (C=O) groups is 1. The van der Waals surface area contributed by atoms with Crippen molar-refractivity contribution in [1.29, 1.82) is 0 Å². The Morgan fingerprint density at radius 2 is 2.04 bits per heavy atom. The topological polar surface area (TPSA) is 63.2 Å². The quantitative estimate of drug-likeness (QED) is 0.768. The van der Waals surface area contributed by atoms with Crippen molar-refractivity contribution in [2.75, 3.05) is 10.6 Å². The molecule has 0 aliphatic rings. The number of carbonyl (C=O) groups excluding carboxylic acids is 1. The summed E-state index contributed by atoms with van der Waals surface area (Å²) in [6.45, 7) is 5.89. The highest BCUT2D eigenvalue weighted by atomic mass is 79.9. The molecule has 1 aromatic carbocycles. The normalized spacial score (nSPS) is 11.0. The minimum atomic E-state index is -0.561. The van der Waals surface area contributed by atoms with Crippen molar-refractivity contribution >= 4 is 33.5 Å². The van der Waals surface area contributed by atoms with Gasteiger partial charge < -0.3 is 10.1 Å². The Bertz CT molecular complexity index is 715. The summed E-state index contributed by atoms with van der Waals surface area (Å²) in [6.07, 6.45) is 1.05. The van der Waals surface area contributed by atoms with Crippen LogP contribution in [-0.2, 0) is 11.3 Å². The molecule has 0 saturated heterocycles. The monoisotopic (exact) mass is 395 g/mol. The van der Waals surface area contributed by atoms with E-state index in [0.717, 1.165) is 11.3 Å². The predicted molar refractivity (Wildman–Crippen MR) is 95.5 cm³/mol. The number of halogens is 2. The molecule has 0 spiro atoms. The van der Waals surface area contributed by atoms with E-state index in [0.29, 0.717) is 16.8 Å². The van der Waals surface area contributed by atoms with Gasteiger partial charge in [-0.25, -0.2) is 14.2 Å². The van der Waals surface area contributed by atoms with Crippen LogP contribution < -0.4 is 10.6 Å². The van der Waals surface area contributed by atoms with E-state index < -0.39 is 11.7 Å². The first-order chi connectivity index (χ1) is 11.2. The molecule has 0 atom stereocenters. The third-order valence-electron chi connectivity index (χ3n) is 2.89. The Morgan fingerprint density at radius 1 is 1.29 bits per heavy atom. The van der Waals surface area contributed by atoms with Crippen LogP contribution in [0.3, 0.4) is 0 Å². The van der Waals surface area contributed by atoms with Gasteiger partial charge in [-0.1, -0.05) is 22.0 Å². The van der Waals surface area contributed by atoms with Crippen molar-refractivity contribution in [3.05, 3.63) is 52.4 Å². The third kappa shape index (κ3) is 5.81. The first-order valence-corrected chi connectivity index (χ1v) is 8.16. The highest BCUT2D eigenvalue weighted by Crippen LogP contribution is 2.20. The molecule has 5 nitrogen and oxygen atoms in total. The van der Waals surface area contributed by atoms with Gasteiger partial charge in [0.25, 0.3) is 0 Å². The molecule has 24 heavy (non-hydrogen) atoms. The second-order valence-electron chi connectivity index (χ2n) is 6.15. The van der Waals surface area contributed by atoms with Crippen molar-refractivity contribution in [3.63, 3.8) is 0 Å².